The molecule has 0 saturated carbocycles. The summed E-state index contributed by atoms with van der Waals surface area (Å²) in [6, 6.07) is 0. The van der Waals surface area contributed by atoms with E-state index in [9.17, 15) is 4.79 Å². The highest BCUT2D eigenvalue weighted by atomic mass is 17.1. The van der Waals surface area contributed by atoms with E-state index >= 15 is 0 Å². The van der Waals surface area contributed by atoms with Crippen molar-refractivity contribution in [3.8, 4) is 0 Å². The Labute approximate surface area is 96.9 Å². The van der Waals surface area contributed by atoms with Gasteiger partial charge in [-0.3, -0.25) is 5.26 Å². The molecule has 1 heterocycles. The minimum atomic E-state index is -1.45. The number of esters is 1. The molecule has 0 amide bonds. The second-order valence-electron chi connectivity index (χ2n) is 3.20. The highest BCUT2D eigenvalue weighted by Crippen LogP contribution is 2.11. The van der Waals surface area contributed by atoms with Crippen LogP contribution in [0.2, 0.25) is 0 Å². The lowest BCUT2D eigenvalue weighted by Gasteiger charge is -2.30. The summed E-state index contributed by atoms with van der Waals surface area (Å²) in [6.45, 7) is -0.231. The van der Waals surface area contributed by atoms with Crippen molar-refractivity contribution >= 4 is 5.97 Å². The third-order valence-corrected chi connectivity index (χ3v) is 1.86. The van der Waals surface area contributed by atoms with Gasteiger partial charge in [0.05, 0.1) is 6.61 Å². The molecule has 0 aromatic carbocycles. The van der Waals surface area contributed by atoms with Crippen LogP contribution >= 0.6 is 0 Å². The second kappa shape index (κ2) is 7.33. The lowest BCUT2D eigenvalue weighted by molar-refractivity contribution is -0.318. The zero-order valence-corrected chi connectivity index (χ0v) is 8.89. The maximum absolute atomic E-state index is 11.1. The van der Waals surface area contributed by atoms with Gasteiger partial charge in [-0.05, 0) is 6.08 Å². The molecule has 17 heavy (non-hydrogen) atoms. The molecule has 1 fully saturated rings. The van der Waals surface area contributed by atoms with Gasteiger partial charge in [-0.25, -0.2) is 9.68 Å². The Morgan fingerprint density at radius 3 is 2.82 bits per heavy atom. The Balaban J connectivity index is 2.20. The van der Waals surface area contributed by atoms with Crippen molar-refractivity contribution in [3.05, 3.63) is 12.2 Å². The molecule has 3 unspecified atom stereocenters. The van der Waals surface area contributed by atoms with Gasteiger partial charge in [-0.1, -0.05) is 0 Å². The summed E-state index contributed by atoms with van der Waals surface area (Å²) in [4.78, 5) is 14.8. The predicted molar refractivity (Wildman–Crippen MR) is 51.5 cm³/mol. The van der Waals surface area contributed by atoms with Crippen molar-refractivity contribution < 1.29 is 39.4 Å². The van der Waals surface area contributed by atoms with Gasteiger partial charge in [0.2, 0.25) is 12.6 Å². The van der Waals surface area contributed by atoms with Crippen molar-refractivity contribution in [2.24, 2.45) is 0 Å². The van der Waals surface area contributed by atoms with Crippen LogP contribution in [0.1, 0.15) is 0 Å². The fraction of sp³-hybridized carbons (Fsp3) is 0.667. The summed E-state index contributed by atoms with van der Waals surface area (Å²) < 4.78 is 14.4. The van der Waals surface area contributed by atoms with Crippen molar-refractivity contribution in [2.45, 2.75) is 18.7 Å². The number of hydrogen-bond donors (Lipinski definition) is 3. The van der Waals surface area contributed by atoms with Crippen LogP contribution in [-0.4, -0.2) is 59.9 Å². The number of aliphatic hydroxyl groups excluding tert-OH is 2. The maximum Gasteiger partial charge on any atom is 0.330 e. The average Bonchev–Trinajstić information content (AvgIpc) is 2.31. The molecule has 1 aliphatic rings. The summed E-state index contributed by atoms with van der Waals surface area (Å²) in [7, 11) is 0. The summed E-state index contributed by atoms with van der Waals surface area (Å²) >= 11 is 0. The van der Waals surface area contributed by atoms with Crippen LogP contribution in [0.4, 0.5) is 0 Å². The van der Waals surface area contributed by atoms with Gasteiger partial charge in [0.25, 0.3) is 0 Å². The van der Waals surface area contributed by atoms with Gasteiger partial charge in [0.1, 0.15) is 19.3 Å². The lowest BCUT2D eigenvalue weighted by atomic mass is 10.3. The molecule has 98 valence electrons. The first-order valence-corrected chi connectivity index (χ1v) is 4.86. The Morgan fingerprint density at radius 1 is 1.41 bits per heavy atom. The van der Waals surface area contributed by atoms with Crippen molar-refractivity contribution in [2.75, 3.05) is 19.8 Å². The molecule has 0 radical (unpaired) electrons. The molecule has 3 atom stereocenters. The van der Waals surface area contributed by atoms with Crippen LogP contribution in [0.5, 0.6) is 0 Å². The van der Waals surface area contributed by atoms with E-state index in [1.807, 2.05) is 0 Å². The molecule has 1 saturated heterocycles. The number of carbonyl (C=O) groups excluding carboxylic acids is 1. The summed E-state index contributed by atoms with van der Waals surface area (Å²) in [5.74, 6) is -0.647. The standard InChI is InChI=1S/C9H14O8/c10-7(2-1-3-16-13)14-4-6-5-15-8(11)9(12)17-6/h1-2,6,8-9,11-13H,3-5H2/b2-1+. The van der Waals surface area contributed by atoms with Gasteiger partial charge >= 0.3 is 5.97 Å². The van der Waals surface area contributed by atoms with Crippen molar-refractivity contribution in [1.29, 1.82) is 0 Å². The van der Waals surface area contributed by atoms with E-state index in [2.05, 4.69) is 4.89 Å². The first kappa shape index (κ1) is 14.0. The van der Waals surface area contributed by atoms with Gasteiger partial charge < -0.3 is 24.4 Å². The lowest BCUT2D eigenvalue weighted by Crippen LogP contribution is -2.45. The second-order valence-corrected chi connectivity index (χ2v) is 3.20. The van der Waals surface area contributed by atoms with Crippen LogP contribution in [-0.2, 0) is 23.9 Å². The van der Waals surface area contributed by atoms with Crippen LogP contribution in [0.15, 0.2) is 12.2 Å². The van der Waals surface area contributed by atoms with Gasteiger partial charge in [-0.2, -0.15) is 0 Å². The Morgan fingerprint density at radius 2 is 2.18 bits per heavy atom. The first-order chi connectivity index (χ1) is 8.13. The molecule has 0 aromatic heterocycles. The van der Waals surface area contributed by atoms with Gasteiger partial charge in [-0.15, -0.1) is 0 Å². The van der Waals surface area contributed by atoms with Crippen LogP contribution < -0.4 is 0 Å². The molecule has 8 heteroatoms. The molecule has 8 nitrogen and oxygen atoms in total. The fourth-order valence-corrected chi connectivity index (χ4v) is 1.09. The molecule has 0 spiro atoms. The molecular formula is C9H14O8. The molecule has 0 aliphatic carbocycles. The Hall–Kier alpha value is -1.03. The molecular weight excluding hydrogens is 236 g/mol. The predicted octanol–water partition coefficient (Wildman–Crippen LogP) is -1.37. The quantitative estimate of drug-likeness (QED) is 0.237. The van der Waals surface area contributed by atoms with Crippen molar-refractivity contribution in [1.82, 2.24) is 0 Å². The molecule has 0 aromatic rings. The van der Waals surface area contributed by atoms with Gasteiger partial charge in [0.15, 0.2) is 0 Å². The normalized spacial score (nSPS) is 29.5. The van der Waals surface area contributed by atoms with E-state index in [-0.39, 0.29) is 19.8 Å². The van der Waals surface area contributed by atoms with Crippen LogP contribution in [0.25, 0.3) is 0 Å². The van der Waals surface area contributed by atoms with E-state index in [0.29, 0.717) is 0 Å². The minimum Gasteiger partial charge on any atom is -0.460 e. The average molecular weight is 250 g/mol. The van der Waals surface area contributed by atoms with E-state index < -0.39 is 24.7 Å². The highest BCUT2D eigenvalue weighted by Gasteiger charge is 2.29. The Bertz CT molecular complexity index is 266. The molecule has 0 bridgehead atoms. The van der Waals surface area contributed by atoms with E-state index in [1.165, 1.54) is 6.08 Å². The zero-order chi connectivity index (χ0) is 12.7. The zero-order valence-electron chi connectivity index (χ0n) is 8.89. The van der Waals surface area contributed by atoms with E-state index in [1.54, 1.807) is 0 Å². The maximum atomic E-state index is 11.1. The number of aliphatic hydroxyl groups is 2. The number of hydrogen-bond acceptors (Lipinski definition) is 8. The smallest absolute Gasteiger partial charge is 0.330 e. The fourth-order valence-electron chi connectivity index (χ4n) is 1.09. The molecule has 1 rings (SSSR count). The third kappa shape index (κ3) is 5.22. The third-order valence-electron chi connectivity index (χ3n) is 1.86. The van der Waals surface area contributed by atoms with E-state index in [4.69, 9.17) is 29.7 Å². The Kier molecular flexibility index (Phi) is 6.05. The van der Waals surface area contributed by atoms with Crippen LogP contribution in [0.3, 0.4) is 0 Å². The first-order valence-electron chi connectivity index (χ1n) is 4.86. The molecule has 1 aliphatic heterocycles. The summed E-state index contributed by atoms with van der Waals surface area (Å²) in [5.41, 5.74) is 0. The highest BCUT2D eigenvalue weighted by molar-refractivity contribution is 5.81. The number of carbonyl (C=O) groups is 1. The number of rotatable bonds is 5. The van der Waals surface area contributed by atoms with Crippen molar-refractivity contribution in [3.63, 3.8) is 0 Å². The summed E-state index contributed by atoms with van der Waals surface area (Å²) in [5, 5.41) is 26.0. The van der Waals surface area contributed by atoms with E-state index in [0.717, 1.165) is 6.08 Å². The van der Waals surface area contributed by atoms with Crippen LogP contribution in [0, 0.1) is 0 Å². The largest absolute Gasteiger partial charge is 0.460 e. The monoisotopic (exact) mass is 250 g/mol. The topological polar surface area (TPSA) is 115 Å². The van der Waals surface area contributed by atoms with Gasteiger partial charge in [0, 0.05) is 6.08 Å². The molecule has 3 N–H and O–H groups in total. The summed E-state index contributed by atoms with van der Waals surface area (Å²) in [6.07, 6.45) is -1.14. The minimum absolute atomic E-state index is 0.00890. The SMILES string of the molecule is O=C(/C=C/COO)OCC1COC(O)C(O)O1. The number of ether oxygens (including phenoxy) is 3.